The molecule has 1 amide bonds. The maximum Gasteiger partial charge on any atom is 0.227 e. The molecule has 0 bridgehead atoms. The van der Waals surface area contributed by atoms with E-state index in [4.69, 9.17) is 0 Å². The topological polar surface area (TPSA) is 40.5 Å². The number of phenolic OH excluding ortho intramolecular Hbond substituents is 1. The minimum atomic E-state index is 0.136. The van der Waals surface area contributed by atoms with E-state index >= 15 is 0 Å². The summed E-state index contributed by atoms with van der Waals surface area (Å²) in [4.78, 5) is 14.2. The molecule has 1 aliphatic carbocycles. The van der Waals surface area contributed by atoms with Crippen LogP contribution in [0.25, 0.3) is 0 Å². The summed E-state index contributed by atoms with van der Waals surface area (Å²) in [6.45, 7) is 0. The number of phenols is 1. The number of likely N-dealkylation sites (N-methyl/N-ethyl adjacent to an activating group) is 1. The monoisotopic (exact) mass is 279 g/mol. The van der Waals surface area contributed by atoms with Crippen LogP contribution in [0.1, 0.15) is 24.8 Å². The van der Waals surface area contributed by atoms with Crippen LogP contribution in [0.3, 0.4) is 0 Å². The zero-order valence-electron chi connectivity index (χ0n) is 11.5. The standard InChI is InChI=1S/C15H21NO2S/c1-16(13-7-4-8-14(13)19-2)15(18)10-11-5-3-6-12(17)9-11/h3,5-6,9,13-14,17H,4,7-8,10H2,1-2H3/t13-,14+/m1/s1. The van der Waals surface area contributed by atoms with E-state index in [-0.39, 0.29) is 11.7 Å². The van der Waals surface area contributed by atoms with Gasteiger partial charge in [0.15, 0.2) is 0 Å². The first-order valence-electron chi connectivity index (χ1n) is 6.68. The van der Waals surface area contributed by atoms with Crippen molar-refractivity contribution in [3.63, 3.8) is 0 Å². The van der Waals surface area contributed by atoms with Gasteiger partial charge in [0.2, 0.25) is 5.91 Å². The van der Waals surface area contributed by atoms with E-state index in [0.29, 0.717) is 17.7 Å². The van der Waals surface area contributed by atoms with E-state index in [9.17, 15) is 9.90 Å². The van der Waals surface area contributed by atoms with Gasteiger partial charge >= 0.3 is 0 Å². The molecule has 1 aromatic rings. The zero-order valence-corrected chi connectivity index (χ0v) is 12.3. The van der Waals surface area contributed by atoms with Crippen LogP contribution >= 0.6 is 11.8 Å². The molecule has 2 rings (SSSR count). The summed E-state index contributed by atoms with van der Waals surface area (Å²) in [5, 5.41) is 10.00. The fourth-order valence-corrected chi connectivity index (χ4v) is 3.81. The van der Waals surface area contributed by atoms with Gasteiger partial charge in [0, 0.05) is 18.3 Å². The first-order valence-corrected chi connectivity index (χ1v) is 7.97. The van der Waals surface area contributed by atoms with E-state index < -0.39 is 0 Å². The molecule has 104 valence electrons. The van der Waals surface area contributed by atoms with Crippen molar-refractivity contribution in [3.05, 3.63) is 29.8 Å². The molecule has 0 unspecified atom stereocenters. The molecule has 0 saturated heterocycles. The number of aromatic hydroxyl groups is 1. The minimum absolute atomic E-state index is 0.136. The largest absolute Gasteiger partial charge is 0.508 e. The second-order valence-corrected chi connectivity index (χ2v) is 6.20. The number of carbonyl (C=O) groups excluding carboxylic acids is 1. The fourth-order valence-electron chi connectivity index (χ4n) is 2.78. The normalized spacial score (nSPS) is 22.4. The number of rotatable bonds is 4. The third kappa shape index (κ3) is 3.44. The Hall–Kier alpha value is -1.16. The smallest absolute Gasteiger partial charge is 0.227 e. The molecular weight excluding hydrogens is 258 g/mol. The molecule has 19 heavy (non-hydrogen) atoms. The minimum Gasteiger partial charge on any atom is -0.508 e. The van der Waals surface area contributed by atoms with E-state index in [0.717, 1.165) is 12.0 Å². The molecule has 1 N–H and O–H groups in total. The highest BCUT2D eigenvalue weighted by molar-refractivity contribution is 7.99. The van der Waals surface area contributed by atoms with Crippen LogP contribution in [0.2, 0.25) is 0 Å². The van der Waals surface area contributed by atoms with E-state index in [1.54, 1.807) is 18.2 Å². The molecule has 1 saturated carbocycles. The molecule has 4 heteroatoms. The van der Waals surface area contributed by atoms with E-state index in [1.165, 1.54) is 12.8 Å². The fraction of sp³-hybridized carbons (Fsp3) is 0.533. The lowest BCUT2D eigenvalue weighted by Crippen LogP contribution is -2.41. The Labute approximate surface area is 119 Å². The van der Waals surface area contributed by atoms with Crippen molar-refractivity contribution in [2.45, 2.75) is 37.0 Å². The predicted octanol–water partition coefficient (Wildman–Crippen LogP) is 2.68. The molecule has 0 heterocycles. The molecule has 1 aliphatic rings. The summed E-state index contributed by atoms with van der Waals surface area (Å²) in [6, 6.07) is 7.30. The molecule has 1 fully saturated rings. The zero-order chi connectivity index (χ0) is 13.8. The van der Waals surface area contributed by atoms with Gasteiger partial charge in [-0.2, -0.15) is 11.8 Å². The van der Waals surface area contributed by atoms with Crippen molar-refractivity contribution in [1.82, 2.24) is 4.90 Å². The van der Waals surface area contributed by atoms with Crippen molar-refractivity contribution in [3.8, 4) is 5.75 Å². The van der Waals surface area contributed by atoms with Gasteiger partial charge in [-0.15, -0.1) is 0 Å². The molecule has 0 spiro atoms. The highest BCUT2D eigenvalue weighted by Crippen LogP contribution is 2.31. The maximum atomic E-state index is 12.3. The summed E-state index contributed by atoms with van der Waals surface area (Å²) in [5.41, 5.74) is 0.871. The van der Waals surface area contributed by atoms with Gasteiger partial charge in [0.25, 0.3) is 0 Å². The Balaban J connectivity index is 1.99. The number of hydrogen-bond acceptors (Lipinski definition) is 3. The molecular formula is C15H21NO2S. The van der Waals surface area contributed by atoms with E-state index in [2.05, 4.69) is 6.26 Å². The lowest BCUT2D eigenvalue weighted by atomic mass is 10.1. The highest BCUT2D eigenvalue weighted by atomic mass is 32.2. The summed E-state index contributed by atoms with van der Waals surface area (Å²) >= 11 is 1.86. The third-order valence-corrected chi connectivity index (χ3v) is 5.03. The van der Waals surface area contributed by atoms with Crippen LogP contribution in [-0.2, 0) is 11.2 Å². The van der Waals surface area contributed by atoms with Crippen LogP contribution in [0.5, 0.6) is 5.75 Å². The van der Waals surface area contributed by atoms with Crippen LogP contribution in [0, 0.1) is 0 Å². The van der Waals surface area contributed by atoms with Gasteiger partial charge in [-0.05, 0) is 36.8 Å². The average molecular weight is 279 g/mol. The van der Waals surface area contributed by atoms with Crippen molar-refractivity contribution < 1.29 is 9.90 Å². The Morgan fingerprint density at radius 3 is 2.95 bits per heavy atom. The van der Waals surface area contributed by atoms with Crippen molar-refractivity contribution in [2.75, 3.05) is 13.3 Å². The van der Waals surface area contributed by atoms with Gasteiger partial charge in [-0.1, -0.05) is 18.6 Å². The molecule has 0 radical (unpaired) electrons. The third-order valence-electron chi connectivity index (χ3n) is 3.88. The predicted molar refractivity (Wildman–Crippen MR) is 79.5 cm³/mol. The Bertz CT molecular complexity index is 450. The van der Waals surface area contributed by atoms with Gasteiger partial charge in [0.1, 0.15) is 5.75 Å². The van der Waals surface area contributed by atoms with Crippen molar-refractivity contribution >= 4 is 17.7 Å². The van der Waals surface area contributed by atoms with Crippen LogP contribution in [0.4, 0.5) is 0 Å². The first kappa shape index (κ1) is 14.3. The van der Waals surface area contributed by atoms with Gasteiger partial charge in [-0.25, -0.2) is 0 Å². The summed E-state index contributed by atoms with van der Waals surface area (Å²) < 4.78 is 0. The van der Waals surface area contributed by atoms with Crippen molar-refractivity contribution in [2.24, 2.45) is 0 Å². The number of carbonyl (C=O) groups is 1. The van der Waals surface area contributed by atoms with Gasteiger partial charge in [-0.3, -0.25) is 4.79 Å². The number of amides is 1. The number of benzene rings is 1. The molecule has 0 aromatic heterocycles. The SMILES string of the molecule is CS[C@H]1CCC[C@H]1N(C)C(=O)Cc1cccc(O)c1. The Morgan fingerprint density at radius 1 is 1.47 bits per heavy atom. The molecule has 0 aliphatic heterocycles. The first-order chi connectivity index (χ1) is 9.11. The summed E-state index contributed by atoms with van der Waals surface area (Å²) in [6.07, 6.45) is 6.00. The number of hydrogen-bond donors (Lipinski definition) is 1. The quantitative estimate of drug-likeness (QED) is 0.921. The summed E-state index contributed by atoms with van der Waals surface area (Å²) in [5.74, 6) is 0.354. The lowest BCUT2D eigenvalue weighted by molar-refractivity contribution is -0.131. The van der Waals surface area contributed by atoms with Crippen LogP contribution < -0.4 is 0 Å². The molecule has 3 nitrogen and oxygen atoms in total. The Morgan fingerprint density at radius 2 is 2.26 bits per heavy atom. The summed E-state index contributed by atoms with van der Waals surface area (Å²) in [7, 11) is 1.91. The van der Waals surface area contributed by atoms with Crippen LogP contribution in [0.15, 0.2) is 24.3 Å². The Kier molecular flexibility index (Phi) is 4.75. The molecule has 1 aromatic carbocycles. The van der Waals surface area contributed by atoms with Gasteiger partial charge < -0.3 is 10.0 Å². The maximum absolute atomic E-state index is 12.3. The second kappa shape index (κ2) is 6.33. The van der Waals surface area contributed by atoms with Crippen LogP contribution in [-0.4, -0.2) is 40.5 Å². The molecule has 2 atom stereocenters. The average Bonchev–Trinajstić information content (AvgIpc) is 2.86. The number of nitrogens with zero attached hydrogens (tertiary/aromatic N) is 1. The van der Waals surface area contributed by atoms with Crippen molar-refractivity contribution in [1.29, 1.82) is 0 Å². The highest BCUT2D eigenvalue weighted by Gasteiger charge is 2.31. The van der Waals surface area contributed by atoms with Gasteiger partial charge in [0.05, 0.1) is 6.42 Å². The van der Waals surface area contributed by atoms with E-state index in [1.807, 2.05) is 29.8 Å². The second-order valence-electron chi connectivity index (χ2n) is 5.12. The number of thioether (sulfide) groups is 1. The lowest BCUT2D eigenvalue weighted by Gasteiger charge is -2.29.